The molecule has 0 saturated carbocycles. The van der Waals surface area contributed by atoms with Gasteiger partial charge in [-0.1, -0.05) is 0 Å². The molecule has 96 valence electrons. The minimum atomic E-state index is -3.48. The van der Waals surface area contributed by atoms with Crippen LogP contribution in [0.25, 0.3) is 0 Å². The Labute approximate surface area is 105 Å². The summed E-state index contributed by atoms with van der Waals surface area (Å²) in [5.41, 5.74) is 6.74. The Morgan fingerprint density at radius 1 is 1.39 bits per heavy atom. The van der Waals surface area contributed by atoms with E-state index in [0.29, 0.717) is 11.3 Å². The molecular weight excluding hydrogens is 254 g/mol. The average Bonchev–Trinajstić information content (AvgIpc) is 2.62. The predicted octanol–water partition coefficient (Wildman–Crippen LogP) is 0.0746. The summed E-state index contributed by atoms with van der Waals surface area (Å²) in [5.74, 6) is -0.0975. The Hall–Kier alpha value is -1.96. The Kier molecular flexibility index (Phi) is 3.04. The first-order chi connectivity index (χ1) is 8.38. The second-order valence-electron chi connectivity index (χ2n) is 3.98. The number of benzene rings is 1. The molecule has 2 aromatic rings. The summed E-state index contributed by atoms with van der Waals surface area (Å²) in [5, 5.41) is 11.1. The number of tetrazole rings is 1. The van der Waals surface area contributed by atoms with Gasteiger partial charge in [-0.15, -0.1) is 10.2 Å². The Balaban J connectivity index is 2.36. The summed E-state index contributed by atoms with van der Waals surface area (Å²) in [6, 6.07) is 4.68. The smallest absolute Gasteiger partial charge is 0.190 e. The number of aromatic nitrogens is 4. The van der Waals surface area contributed by atoms with Crippen LogP contribution in [-0.2, 0) is 22.6 Å². The van der Waals surface area contributed by atoms with Crippen LogP contribution in [0, 0.1) is 6.92 Å². The van der Waals surface area contributed by atoms with Gasteiger partial charge in [-0.25, -0.2) is 8.42 Å². The zero-order valence-corrected chi connectivity index (χ0v) is 10.8. The lowest BCUT2D eigenvalue weighted by atomic mass is 10.2. The first kappa shape index (κ1) is 12.5. The van der Waals surface area contributed by atoms with Gasteiger partial charge in [-0.3, -0.25) is 0 Å². The molecule has 2 N–H and O–H groups in total. The van der Waals surface area contributed by atoms with Crippen LogP contribution in [0.4, 0.5) is 5.69 Å². The molecule has 1 aromatic heterocycles. The minimum absolute atomic E-state index is 0.175. The van der Waals surface area contributed by atoms with Crippen LogP contribution in [0.15, 0.2) is 23.1 Å². The molecule has 7 nitrogen and oxygen atoms in total. The molecule has 0 aliphatic rings. The topological polar surface area (TPSA) is 104 Å². The fraction of sp³-hybridized carbons (Fsp3) is 0.300. The largest absolute Gasteiger partial charge is 0.399 e. The summed E-state index contributed by atoms with van der Waals surface area (Å²) in [6.45, 7) is 1.70. The maximum Gasteiger partial charge on any atom is 0.190 e. The summed E-state index contributed by atoms with van der Waals surface area (Å²) in [7, 11) is -1.90. The lowest BCUT2D eigenvalue weighted by Gasteiger charge is -2.06. The Morgan fingerprint density at radius 3 is 2.67 bits per heavy atom. The van der Waals surface area contributed by atoms with Crippen LogP contribution in [0.1, 0.15) is 11.4 Å². The number of nitrogen functional groups attached to an aromatic ring is 1. The van der Waals surface area contributed by atoms with Gasteiger partial charge in [0.15, 0.2) is 15.7 Å². The van der Waals surface area contributed by atoms with Crippen molar-refractivity contribution in [2.24, 2.45) is 7.05 Å². The monoisotopic (exact) mass is 267 g/mol. The summed E-state index contributed by atoms with van der Waals surface area (Å²) in [4.78, 5) is 1.46. The van der Waals surface area contributed by atoms with Crippen molar-refractivity contribution in [2.45, 2.75) is 17.6 Å². The average molecular weight is 267 g/mol. The number of hydrogen-bond donors (Lipinski definition) is 1. The van der Waals surface area contributed by atoms with E-state index in [-0.39, 0.29) is 16.5 Å². The third-order valence-corrected chi connectivity index (χ3v) is 4.17. The molecule has 0 radical (unpaired) electrons. The minimum Gasteiger partial charge on any atom is -0.399 e. The fourth-order valence-corrected chi connectivity index (χ4v) is 3.09. The van der Waals surface area contributed by atoms with Crippen molar-refractivity contribution < 1.29 is 8.42 Å². The number of nitrogens with zero attached hydrogens (tertiary/aromatic N) is 4. The zero-order valence-electron chi connectivity index (χ0n) is 10.0. The molecule has 1 heterocycles. The molecule has 0 amide bonds. The molecule has 0 aliphatic heterocycles. The molecule has 2 rings (SSSR count). The lowest BCUT2D eigenvalue weighted by molar-refractivity contribution is 0.592. The van der Waals surface area contributed by atoms with E-state index in [2.05, 4.69) is 15.4 Å². The third kappa shape index (κ3) is 2.48. The first-order valence-corrected chi connectivity index (χ1v) is 6.85. The maximum absolute atomic E-state index is 12.2. The second-order valence-corrected chi connectivity index (χ2v) is 5.94. The van der Waals surface area contributed by atoms with E-state index in [1.807, 2.05) is 0 Å². The van der Waals surface area contributed by atoms with Crippen LogP contribution >= 0.6 is 0 Å². The number of rotatable bonds is 3. The molecule has 0 fully saturated rings. The van der Waals surface area contributed by atoms with Crippen molar-refractivity contribution >= 4 is 15.5 Å². The van der Waals surface area contributed by atoms with E-state index in [9.17, 15) is 8.42 Å². The van der Waals surface area contributed by atoms with Gasteiger partial charge in [0.05, 0.1) is 11.9 Å². The molecular formula is C10H13N5O2S. The molecule has 0 atom stereocenters. The van der Waals surface area contributed by atoms with Crippen molar-refractivity contribution in [1.29, 1.82) is 0 Å². The van der Waals surface area contributed by atoms with Crippen molar-refractivity contribution in [2.75, 3.05) is 5.73 Å². The lowest BCUT2D eigenvalue weighted by Crippen LogP contribution is -2.08. The third-order valence-electron chi connectivity index (χ3n) is 2.40. The quantitative estimate of drug-likeness (QED) is 0.789. The highest BCUT2D eigenvalue weighted by Crippen LogP contribution is 2.20. The molecule has 0 saturated heterocycles. The van der Waals surface area contributed by atoms with Crippen LogP contribution in [-0.4, -0.2) is 28.6 Å². The molecule has 1 aromatic carbocycles. The van der Waals surface area contributed by atoms with Gasteiger partial charge < -0.3 is 5.73 Å². The number of anilines is 1. The Morgan fingerprint density at radius 2 is 2.11 bits per heavy atom. The van der Waals surface area contributed by atoms with Gasteiger partial charge in [0.1, 0.15) is 5.75 Å². The van der Waals surface area contributed by atoms with Gasteiger partial charge in [0, 0.05) is 5.69 Å². The molecule has 0 aliphatic carbocycles. The van der Waals surface area contributed by atoms with Gasteiger partial charge in [0.2, 0.25) is 0 Å². The van der Waals surface area contributed by atoms with Crippen LogP contribution in [0.3, 0.4) is 0 Å². The second kappa shape index (κ2) is 4.37. The summed E-state index contributed by atoms with van der Waals surface area (Å²) >= 11 is 0. The Bertz CT molecular complexity index is 677. The van der Waals surface area contributed by atoms with E-state index in [4.69, 9.17) is 5.73 Å². The zero-order chi connectivity index (χ0) is 13.3. The van der Waals surface area contributed by atoms with Gasteiger partial charge >= 0.3 is 0 Å². The number of hydrogen-bond acceptors (Lipinski definition) is 6. The predicted molar refractivity (Wildman–Crippen MR) is 65.3 cm³/mol. The molecule has 0 unspecified atom stereocenters. The standard InChI is InChI=1S/C10H13N5O2S/c1-7-5-8(11)3-4-9(7)18(16,17)6-10-12-14-15(2)13-10/h3-5H,6,11H2,1-2H3. The molecule has 0 spiro atoms. The number of sulfone groups is 1. The van der Waals surface area contributed by atoms with Crippen molar-refractivity contribution in [3.63, 3.8) is 0 Å². The van der Waals surface area contributed by atoms with E-state index < -0.39 is 9.84 Å². The normalized spacial score (nSPS) is 11.7. The fourth-order valence-electron chi connectivity index (χ4n) is 1.65. The van der Waals surface area contributed by atoms with Gasteiger partial charge in [0.25, 0.3) is 0 Å². The summed E-state index contributed by atoms with van der Waals surface area (Å²) in [6.07, 6.45) is 0. The van der Waals surface area contributed by atoms with E-state index in [1.54, 1.807) is 26.1 Å². The number of aryl methyl sites for hydroxylation is 2. The van der Waals surface area contributed by atoms with Crippen molar-refractivity contribution in [3.05, 3.63) is 29.6 Å². The first-order valence-electron chi connectivity index (χ1n) is 5.20. The highest BCUT2D eigenvalue weighted by molar-refractivity contribution is 7.90. The van der Waals surface area contributed by atoms with Crippen molar-refractivity contribution in [3.8, 4) is 0 Å². The van der Waals surface area contributed by atoms with Crippen LogP contribution in [0.2, 0.25) is 0 Å². The highest BCUT2D eigenvalue weighted by atomic mass is 32.2. The van der Waals surface area contributed by atoms with E-state index in [1.165, 1.54) is 10.9 Å². The maximum atomic E-state index is 12.2. The summed E-state index contributed by atoms with van der Waals surface area (Å²) < 4.78 is 24.4. The highest BCUT2D eigenvalue weighted by Gasteiger charge is 2.20. The van der Waals surface area contributed by atoms with E-state index >= 15 is 0 Å². The van der Waals surface area contributed by atoms with Crippen LogP contribution < -0.4 is 5.73 Å². The van der Waals surface area contributed by atoms with Crippen LogP contribution in [0.5, 0.6) is 0 Å². The number of nitrogens with two attached hydrogens (primary N) is 1. The molecule has 0 bridgehead atoms. The van der Waals surface area contributed by atoms with E-state index in [0.717, 1.165) is 0 Å². The molecule has 18 heavy (non-hydrogen) atoms. The van der Waals surface area contributed by atoms with Crippen molar-refractivity contribution in [1.82, 2.24) is 20.2 Å². The van der Waals surface area contributed by atoms with Gasteiger partial charge in [-0.2, -0.15) is 4.80 Å². The SMILES string of the molecule is Cc1cc(N)ccc1S(=O)(=O)Cc1nnn(C)n1. The van der Waals surface area contributed by atoms with Gasteiger partial charge in [-0.05, 0) is 35.9 Å². The molecule has 8 heteroatoms.